The predicted molar refractivity (Wildman–Crippen MR) is 95.6 cm³/mol. The van der Waals surface area contributed by atoms with E-state index in [-0.39, 0.29) is 23.8 Å². The molecule has 1 unspecified atom stereocenters. The zero-order chi connectivity index (χ0) is 19.1. The molecule has 1 N–H and O–H groups in total. The maximum absolute atomic E-state index is 12.5. The highest BCUT2D eigenvalue weighted by Gasteiger charge is 2.26. The van der Waals surface area contributed by atoms with Gasteiger partial charge in [-0.15, -0.1) is 0 Å². The number of hydrogen-bond acceptors (Lipinski definition) is 5. The second-order valence-electron chi connectivity index (χ2n) is 5.95. The molecular weight excluding hydrogens is 336 g/mol. The Morgan fingerprint density at radius 2 is 1.69 bits per heavy atom. The van der Waals surface area contributed by atoms with Crippen LogP contribution in [0.5, 0.6) is 0 Å². The summed E-state index contributed by atoms with van der Waals surface area (Å²) in [4.78, 5) is 35.4. The van der Waals surface area contributed by atoms with Crippen LogP contribution in [0.4, 0.5) is 5.69 Å². The molecule has 1 amide bonds. The molecule has 0 radical (unpaired) electrons. The molecule has 0 aliphatic rings. The highest BCUT2D eigenvalue weighted by atomic mass is 16.6. The quantitative estimate of drug-likeness (QED) is 0.466. The maximum atomic E-state index is 12.5. The van der Waals surface area contributed by atoms with Gasteiger partial charge in [-0.3, -0.25) is 19.7 Å². The minimum absolute atomic E-state index is 0.164. The van der Waals surface area contributed by atoms with Crippen molar-refractivity contribution in [2.45, 2.75) is 32.4 Å². The molecule has 7 nitrogen and oxygen atoms in total. The monoisotopic (exact) mass is 356 g/mol. The lowest BCUT2D eigenvalue weighted by atomic mass is 10.0. The van der Waals surface area contributed by atoms with Crippen LogP contribution < -0.4 is 5.32 Å². The van der Waals surface area contributed by atoms with Crippen molar-refractivity contribution in [2.24, 2.45) is 0 Å². The smallest absolute Gasteiger partial charge is 0.308 e. The Labute approximate surface area is 151 Å². The number of nitro benzene ring substituents is 1. The van der Waals surface area contributed by atoms with Crippen LogP contribution in [0, 0.1) is 10.1 Å². The first-order chi connectivity index (χ1) is 12.4. The molecule has 0 saturated heterocycles. The summed E-state index contributed by atoms with van der Waals surface area (Å²) >= 11 is 0. The van der Waals surface area contributed by atoms with Gasteiger partial charge in [-0.05, 0) is 26.0 Å². The van der Waals surface area contributed by atoms with Crippen molar-refractivity contribution in [1.29, 1.82) is 0 Å². The fourth-order valence-electron chi connectivity index (χ4n) is 2.50. The van der Waals surface area contributed by atoms with E-state index in [1.165, 1.54) is 18.2 Å². The van der Waals surface area contributed by atoms with Crippen molar-refractivity contribution in [2.75, 3.05) is 0 Å². The van der Waals surface area contributed by atoms with Gasteiger partial charge < -0.3 is 10.1 Å². The van der Waals surface area contributed by atoms with E-state index in [0.29, 0.717) is 5.56 Å². The predicted octanol–water partition coefficient (Wildman–Crippen LogP) is 3.41. The highest BCUT2D eigenvalue weighted by molar-refractivity contribution is 5.94. The van der Waals surface area contributed by atoms with Crippen molar-refractivity contribution < 1.29 is 19.2 Å². The fraction of sp³-hybridized carbons (Fsp3) is 0.263. The molecule has 0 heterocycles. The molecule has 136 valence electrons. The molecule has 2 rings (SSSR count). The van der Waals surface area contributed by atoms with Gasteiger partial charge in [-0.2, -0.15) is 0 Å². The van der Waals surface area contributed by atoms with Crippen LogP contribution in [0.15, 0.2) is 54.6 Å². The van der Waals surface area contributed by atoms with E-state index < -0.39 is 22.8 Å². The molecule has 26 heavy (non-hydrogen) atoms. The van der Waals surface area contributed by atoms with Gasteiger partial charge in [-0.25, -0.2) is 0 Å². The number of carbonyl (C=O) groups excluding carboxylic acids is 2. The van der Waals surface area contributed by atoms with Crippen molar-refractivity contribution in [1.82, 2.24) is 5.32 Å². The van der Waals surface area contributed by atoms with Crippen LogP contribution in [0.3, 0.4) is 0 Å². The molecule has 2 aromatic rings. The van der Waals surface area contributed by atoms with Crippen molar-refractivity contribution in [3.8, 4) is 0 Å². The number of esters is 1. The first kappa shape index (κ1) is 19.1. The summed E-state index contributed by atoms with van der Waals surface area (Å²) in [6.07, 6.45) is -0.527. The SMILES string of the molecule is CC(C)OC(=O)CC(NC(=O)c1ccccc1)c1ccccc1[N+](=O)[O-]. The number of ether oxygens (including phenoxy) is 1. The number of carbonyl (C=O) groups is 2. The van der Waals surface area contributed by atoms with Crippen LogP contribution >= 0.6 is 0 Å². The third-order valence-corrected chi connectivity index (χ3v) is 3.59. The number of hydrogen-bond donors (Lipinski definition) is 1. The van der Waals surface area contributed by atoms with Crippen LogP contribution in [-0.4, -0.2) is 22.9 Å². The Kier molecular flexibility index (Phi) is 6.43. The molecular formula is C19H20N2O5. The molecule has 0 bridgehead atoms. The van der Waals surface area contributed by atoms with E-state index in [1.54, 1.807) is 50.2 Å². The first-order valence-electron chi connectivity index (χ1n) is 8.17. The summed E-state index contributed by atoms with van der Waals surface area (Å²) in [5, 5.41) is 14.0. The Morgan fingerprint density at radius 1 is 1.08 bits per heavy atom. The van der Waals surface area contributed by atoms with Gasteiger partial charge in [0.05, 0.1) is 29.1 Å². The van der Waals surface area contributed by atoms with Gasteiger partial charge in [0.1, 0.15) is 0 Å². The van der Waals surface area contributed by atoms with Gasteiger partial charge in [-0.1, -0.05) is 36.4 Å². The second-order valence-corrected chi connectivity index (χ2v) is 5.95. The van der Waals surface area contributed by atoms with E-state index in [4.69, 9.17) is 4.74 Å². The summed E-state index contributed by atoms with van der Waals surface area (Å²) in [6.45, 7) is 3.42. The van der Waals surface area contributed by atoms with Crippen molar-refractivity contribution in [3.05, 3.63) is 75.8 Å². The molecule has 0 fully saturated rings. The minimum atomic E-state index is -0.879. The number of benzene rings is 2. The fourth-order valence-corrected chi connectivity index (χ4v) is 2.50. The molecule has 0 aliphatic carbocycles. The number of nitro groups is 1. The number of para-hydroxylation sites is 1. The Balaban J connectivity index is 2.32. The summed E-state index contributed by atoms with van der Waals surface area (Å²) in [5.74, 6) is -0.970. The largest absolute Gasteiger partial charge is 0.463 e. The van der Waals surface area contributed by atoms with Crippen LogP contribution in [-0.2, 0) is 9.53 Å². The summed E-state index contributed by atoms with van der Waals surface area (Å²) in [7, 11) is 0. The van der Waals surface area contributed by atoms with Gasteiger partial charge in [0.15, 0.2) is 0 Å². The third kappa shape index (κ3) is 5.14. The van der Waals surface area contributed by atoms with Gasteiger partial charge in [0, 0.05) is 11.6 Å². The van der Waals surface area contributed by atoms with Crippen molar-refractivity contribution >= 4 is 17.6 Å². The van der Waals surface area contributed by atoms with Gasteiger partial charge >= 0.3 is 5.97 Å². The van der Waals surface area contributed by atoms with E-state index >= 15 is 0 Å². The Bertz CT molecular complexity index is 790. The highest BCUT2D eigenvalue weighted by Crippen LogP contribution is 2.28. The van der Waals surface area contributed by atoms with Gasteiger partial charge in [0.25, 0.3) is 11.6 Å². The summed E-state index contributed by atoms with van der Waals surface area (Å²) in [5.41, 5.74) is 0.485. The number of rotatable bonds is 7. The summed E-state index contributed by atoms with van der Waals surface area (Å²) < 4.78 is 5.13. The number of amides is 1. The molecule has 0 spiro atoms. The second kappa shape index (κ2) is 8.75. The topological polar surface area (TPSA) is 98.5 Å². The molecule has 0 saturated carbocycles. The standard InChI is InChI=1S/C19H20N2O5/c1-13(2)26-18(22)12-16(15-10-6-7-11-17(15)21(24)25)20-19(23)14-8-4-3-5-9-14/h3-11,13,16H,12H2,1-2H3,(H,20,23). The first-order valence-corrected chi connectivity index (χ1v) is 8.17. The van der Waals surface area contributed by atoms with Crippen LogP contribution in [0.1, 0.15) is 42.2 Å². The third-order valence-electron chi connectivity index (χ3n) is 3.59. The Hall–Kier alpha value is -3.22. The lowest BCUT2D eigenvalue weighted by Gasteiger charge is -2.19. The maximum Gasteiger partial charge on any atom is 0.308 e. The van der Waals surface area contributed by atoms with E-state index in [9.17, 15) is 19.7 Å². The van der Waals surface area contributed by atoms with Gasteiger partial charge in [0.2, 0.25) is 0 Å². The summed E-state index contributed by atoms with van der Waals surface area (Å²) in [6, 6.07) is 13.6. The minimum Gasteiger partial charge on any atom is -0.463 e. The zero-order valence-electron chi connectivity index (χ0n) is 14.5. The zero-order valence-corrected chi connectivity index (χ0v) is 14.5. The molecule has 0 aliphatic heterocycles. The number of nitrogens with one attached hydrogen (secondary N) is 1. The normalized spacial score (nSPS) is 11.7. The molecule has 7 heteroatoms. The Morgan fingerprint density at radius 3 is 2.31 bits per heavy atom. The van der Waals surface area contributed by atoms with Crippen LogP contribution in [0.2, 0.25) is 0 Å². The van der Waals surface area contributed by atoms with Crippen LogP contribution in [0.25, 0.3) is 0 Å². The van der Waals surface area contributed by atoms with Crippen molar-refractivity contribution in [3.63, 3.8) is 0 Å². The average molecular weight is 356 g/mol. The molecule has 0 aromatic heterocycles. The average Bonchev–Trinajstić information content (AvgIpc) is 2.61. The lowest BCUT2D eigenvalue weighted by molar-refractivity contribution is -0.385. The number of nitrogens with zero attached hydrogens (tertiary/aromatic N) is 1. The lowest BCUT2D eigenvalue weighted by Crippen LogP contribution is -2.31. The van der Waals surface area contributed by atoms with E-state index in [2.05, 4.69) is 5.32 Å². The van der Waals surface area contributed by atoms with E-state index in [0.717, 1.165) is 0 Å². The molecule has 2 aromatic carbocycles. The molecule has 1 atom stereocenters. The van der Waals surface area contributed by atoms with E-state index in [1.807, 2.05) is 0 Å².